The van der Waals surface area contributed by atoms with Crippen LogP contribution in [0.15, 0.2) is 0 Å². The smallest absolute Gasteiger partial charge is 0.156 e. The summed E-state index contributed by atoms with van der Waals surface area (Å²) in [6.07, 6.45) is 0. The number of hydrogen-bond acceptors (Lipinski definition) is 3. The van der Waals surface area contributed by atoms with E-state index in [4.69, 9.17) is 12.3 Å². The van der Waals surface area contributed by atoms with E-state index in [2.05, 4.69) is 39.3 Å². The van der Waals surface area contributed by atoms with Crippen molar-refractivity contribution in [2.24, 2.45) is 0 Å². The third-order valence-corrected chi connectivity index (χ3v) is 18.0. The molecule has 0 saturated carbocycles. The van der Waals surface area contributed by atoms with Crippen LogP contribution >= 0.6 is 0 Å². The Balaban J connectivity index is 3.85. The van der Waals surface area contributed by atoms with Gasteiger partial charge in [-0.1, -0.05) is 0 Å². The van der Waals surface area contributed by atoms with E-state index in [1.165, 1.54) is 0 Å². The lowest BCUT2D eigenvalue weighted by Gasteiger charge is -2.19. The summed E-state index contributed by atoms with van der Waals surface area (Å²) in [7, 11) is -3.41. The van der Waals surface area contributed by atoms with Gasteiger partial charge >= 0.3 is 0 Å². The summed E-state index contributed by atoms with van der Waals surface area (Å²) in [6.45, 7) is 13.6. The van der Waals surface area contributed by atoms with E-state index in [0.717, 1.165) is 4.79 Å². The van der Waals surface area contributed by atoms with Crippen molar-refractivity contribution in [1.82, 2.24) is 0 Å². The van der Waals surface area contributed by atoms with Crippen LogP contribution in [-0.4, -0.2) is 56.4 Å². The van der Waals surface area contributed by atoms with Crippen LogP contribution in [0.4, 0.5) is 0 Å². The monoisotopic (exact) mass is 328 g/mol. The van der Waals surface area contributed by atoms with E-state index in [-0.39, 0.29) is 29.3 Å². The highest BCUT2D eigenvalue weighted by atomic mass is 28.4. The van der Waals surface area contributed by atoms with Gasteiger partial charge < -0.3 is 12.3 Å². The molecule has 0 aromatic carbocycles. The van der Waals surface area contributed by atoms with Gasteiger partial charge in [0.15, 0.2) is 27.1 Å². The van der Waals surface area contributed by atoms with Gasteiger partial charge in [-0.25, -0.2) is 0 Å². The number of hydrogen-bond donors (Lipinski definition) is 0. The molecule has 0 unspecified atom stereocenters. The predicted molar refractivity (Wildman–Crippen MR) is 89.3 cm³/mol. The lowest BCUT2D eigenvalue weighted by molar-refractivity contribution is 0.584. The topological polar surface area (TPSA) is 27.7 Å². The predicted octanol–water partition coefficient (Wildman–Crippen LogP) is -1.06. The SMILES string of the molecule is C[SiH](C)O[SiH2]C([SiH2]O[SiH](C)C)[SiH2]O[SiH](C)C. The molecule has 0 N–H and O–H groups in total. The Hall–Kier alpha value is 1.18. The zero-order valence-electron chi connectivity index (χ0n) is 11.7. The molecule has 0 rings (SSSR count). The normalized spacial score (nSPS) is 16.3. The highest BCUT2D eigenvalue weighted by Crippen LogP contribution is 2.04. The second kappa shape index (κ2) is 10.1. The zero-order chi connectivity index (χ0) is 12.6. The third kappa shape index (κ3) is 11.7. The largest absolute Gasteiger partial charge is 0.463 e. The van der Waals surface area contributed by atoms with Gasteiger partial charge in [0.1, 0.15) is 29.3 Å². The molecule has 0 amide bonds. The summed E-state index contributed by atoms with van der Waals surface area (Å²) in [5, 5.41) is 0. The average Bonchev–Trinajstić information content (AvgIpc) is 2.15. The van der Waals surface area contributed by atoms with Gasteiger partial charge in [0.05, 0.1) is 0 Å². The van der Waals surface area contributed by atoms with E-state index in [0.29, 0.717) is 0 Å². The second-order valence-corrected chi connectivity index (χ2v) is 23.2. The van der Waals surface area contributed by atoms with Crippen molar-refractivity contribution < 1.29 is 12.3 Å². The molecule has 0 aliphatic heterocycles. The summed E-state index contributed by atoms with van der Waals surface area (Å²) < 4.78 is 18.0. The van der Waals surface area contributed by atoms with Crippen molar-refractivity contribution in [3.8, 4) is 0 Å². The molecule has 0 radical (unpaired) electrons. The van der Waals surface area contributed by atoms with Gasteiger partial charge in [-0.2, -0.15) is 0 Å². The van der Waals surface area contributed by atoms with E-state index in [1.54, 1.807) is 0 Å². The molecule has 0 aromatic heterocycles. The van der Waals surface area contributed by atoms with Crippen LogP contribution in [0.5, 0.6) is 0 Å². The molecule has 0 spiro atoms. The first-order valence-corrected chi connectivity index (χ1v) is 18.8. The van der Waals surface area contributed by atoms with Gasteiger partial charge in [0, 0.05) is 0 Å². The first-order valence-electron chi connectivity index (χ1n) is 6.26. The zero-order valence-corrected chi connectivity index (χ0v) is 19.4. The van der Waals surface area contributed by atoms with Crippen LogP contribution in [-0.2, 0) is 12.3 Å². The third-order valence-electron chi connectivity index (χ3n) is 2.00. The van der Waals surface area contributed by atoms with E-state index >= 15 is 0 Å². The minimum atomic E-state index is -0.808. The number of rotatable bonds is 9. The van der Waals surface area contributed by atoms with Crippen molar-refractivity contribution in [3.05, 3.63) is 0 Å². The van der Waals surface area contributed by atoms with Crippen molar-refractivity contribution in [2.75, 3.05) is 0 Å². The molecule has 0 aliphatic rings. The Bertz CT molecular complexity index is 140. The molecule has 0 fully saturated rings. The van der Waals surface area contributed by atoms with Crippen molar-refractivity contribution >= 4 is 56.4 Å². The quantitative estimate of drug-likeness (QED) is 0.505. The molecular formula is C7H28O3Si6. The average molecular weight is 329 g/mol. The Kier molecular flexibility index (Phi) is 10.9. The maximum Gasteiger partial charge on any atom is 0.156 e. The Labute approximate surface area is 113 Å². The van der Waals surface area contributed by atoms with Crippen molar-refractivity contribution in [2.45, 2.75) is 44.1 Å². The molecule has 0 heterocycles. The first kappa shape index (κ1) is 17.2. The molecule has 0 aromatic rings. The van der Waals surface area contributed by atoms with E-state index < -0.39 is 27.1 Å². The highest BCUT2D eigenvalue weighted by Gasteiger charge is 2.15. The van der Waals surface area contributed by atoms with E-state index in [9.17, 15) is 0 Å². The van der Waals surface area contributed by atoms with Gasteiger partial charge in [0.25, 0.3) is 0 Å². The molecule has 3 nitrogen and oxygen atoms in total. The molecule has 0 atom stereocenters. The summed E-state index contributed by atoms with van der Waals surface area (Å²) >= 11 is 0. The van der Waals surface area contributed by atoms with Crippen molar-refractivity contribution in [3.63, 3.8) is 0 Å². The van der Waals surface area contributed by atoms with Crippen LogP contribution in [0, 0.1) is 0 Å². The molecule has 98 valence electrons. The maximum atomic E-state index is 5.99. The fourth-order valence-corrected chi connectivity index (χ4v) is 17.5. The van der Waals surface area contributed by atoms with Crippen LogP contribution in [0.3, 0.4) is 0 Å². The van der Waals surface area contributed by atoms with Crippen LogP contribution in [0.1, 0.15) is 0 Å². The van der Waals surface area contributed by atoms with E-state index in [1.807, 2.05) is 0 Å². The standard InChI is InChI=1S/C7H28O3Si6/c1-14(2)8-11-7(12-9-15(3)4)13-10-16(5)6/h7,14-16H,11-13H2,1-6H3. The lowest BCUT2D eigenvalue weighted by atomic mass is 11.8. The summed E-state index contributed by atoms with van der Waals surface area (Å²) in [5.74, 6) is 0. The first-order chi connectivity index (χ1) is 7.41. The molecular weight excluding hydrogens is 301 g/mol. The summed E-state index contributed by atoms with van der Waals surface area (Å²) in [5.41, 5.74) is 0. The Morgan fingerprint density at radius 3 is 1.06 bits per heavy atom. The van der Waals surface area contributed by atoms with Crippen LogP contribution in [0.25, 0.3) is 0 Å². The second-order valence-electron chi connectivity index (χ2n) is 5.01. The molecule has 9 heteroatoms. The molecule has 16 heavy (non-hydrogen) atoms. The molecule has 0 saturated heterocycles. The van der Waals surface area contributed by atoms with Crippen LogP contribution < -0.4 is 0 Å². The van der Waals surface area contributed by atoms with Gasteiger partial charge in [-0.3, -0.25) is 0 Å². The minimum Gasteiger partial charge on any atom is -0.463 e. The lowest BCUT2D eigenvalue weighted by Crippen LogP contribution is -2.31. The summed E-state index contributed by atoms with van der Waals surface area (Å²) in [4.78, 5) is 0.847. The van der Waals surface area contributed by atoms with Gasteiger partial charge in [-0.05, 0) is 44.1 Å². The Morgan fingerprint density at radius 1 is 0.625 bits per heavy atom. The molecule has 0 bridgehead atoms. The van der Waals surface area contributed by atoms with Gasteiger partial charge in [-0.15, -0.1) is 0 Å². The molecule has 0 aliphatic carbocycles. The van der Waals surface area contributed by atoms with Gasteiger partial charge in [0.2, 0.25) is 0 Å². The Morgan fingerprint density at radius 2 is 0.875 bits per heavy atom. The summed E-state index contributed by atoms with van der Waals surface area (Å²) in [6, 6.07) is 0. The minimum absolute atomic E-state index is 0.328. The highest BCUT2D eigenvalue weighted by molar-refractivity contribution is 6.77. The fraction of sp³-hybridized carbons (Fsp3) is 1.00. The fourth-order valence-electron chi connectivity index (χ4n) is 1.13. The van der Waals surface area contributed by atoms with Crippen molar-refractivity contribution in [1.29, 1.82) is 0 Å². The van der Waals surface area contributed by atoms with Crippen LogP contribution in [0.2, 0.25) is 44.1 Å². The maximum absolute atomic E-state index is 5.99.